The van der Waals surface area contributed by atoms with Crippen LogP contribution in [0.3, 0.4) is 0 Å². The first kappa shape index (κ1) is 10.6. The lowest BCUT2D eigenvalue weighted by atomic mass is 9.82. The fourth-order valence-electron chi connectivity index (χ4n) is 1.93. The molecule has 0 radical (unpaired) electrons. The van der Waals surface area contributed by atoms with Crippen molar-refractivity contribution in [2.24, 2.45) is 5.92 Å². The molecule has 0 atom stereocenters. The maximum atomic E-state index is 13.0. The minimum Gasteiger partial charge on any atom is -0.397 e. The molecule has 1 aliphatic rings. The molecule has 1 saturated carbocycles. The van der Waals surface area contributed by atoms with E-state index < -0.39 is 5.82 Å². The number of nitrogens with two attached hydrogens (primary N) is 1. The zero-order valence-electron chi connectivity index (χ0n) is 8.56. The minimum atomic E-state index is -0.471. The summed E-state index contributed by atoms with van der Waals surface area (Å²) in [4.78, 5) is 0. The van der Waals surface area contributed by atoms with Gasteiger partial charge in [-0.1, -0.05) is 18.5 Å². The Morgan fingerprint density at radius 3 is 2.73 bits per heavy atom. The number of benzene rings is 1. The third-order valence-electron chi connectivity index (χ3n) is 2.83. The maximum absolute atomic E-state index is 13.0. The fourth-order valence-corrected chi connectivity index (χ4v) is 2.09. The Morgan fingerprint density at radius 1 is 1.47 bits per heavy atom. The summed E-state index contributed by atoms with van der Waals surface area (Å²) in [6.07, 6.45) is 2.27. The molecule has 1 fully saturated rings. The van der Waals surface area contributed by atoms with Crippen LogP contribution in [0.1, 0.15) is 19.8 Å². The lowest BCUT2D eigenvalue weighted by Crippen LogP contribution is -2.34. The molecule has 3 N–H and O–H groups in total. The van der Waals surface area contributed by atoms with Gasteiger partial charge in [-0.15, -0.1) is 0 Å². The first-order valence-corrected chi connectivity index (χ1v) is 5.45. The number of hydrogen-bond acceptors (Lipinski definition) is 2. The van der Waals surface area contributed by atoms with E-state index in [9.17, 15) is 4.39 Å². The van der Waals surface area contributed by atoms with E-state index >= 15 is 0 Å². The van der Waals surface area contributed by atoms with Crippen LogP contribution in [-0.2, 0) is 0 Å². The third-order valence-corrected chi connectivity index (χ3v) is 3.12. The van der Waals surface area contributed by atoms with Gasteiger partial charge >= 0.3 is 0 Å². The van der Waals surface area contributed by atoms with Gasteiger partial charge in [-0.2, -0.15) is 0 Å². The van der Waals surface area contributed by atoms with Crippen molar-refractivity contribution in [1.82, 2.24) is 0 Å². The molecule has 0 aliphatic heterocycles. The molecular formula is C11H14ClFN2. The molecule has 2 nitrogen and oxygen atoms in total. The summed E-state index contributed by atoms with van der Waals surface area (Å²) in [5.41, 5.74) is 6.84. The molecule has 0 saturated heterocycles. The summed E-state index contributed by atoms with van der Waals surface area (Å²) in [6.45, 7) is 2.21. The van der Waals surface area contributed by atoms with Crippen LogP contribution in [0.25, 0.3) is 0 Å². The Balaban J connectivity index is 2.11. The molecule has 1 aromatic rings. The summed E-state index contributed by atoms with van der Waals surface area (Å²) in [5.74, 6) is 0.293. The SMILES string of the molecule is CC1CC(Nc2cc(Cl)c(F)cc2N)C1. The van der Waals surface area contributed by atoms with Gasteiger partial charge in [-0.05, 0) is 24.8 Å². The van der Waals surface area contributed by atoms with Crippen molar-refractivity contribution in [2.45, 2.75) is 25.8 Å². The van der Waals surface area contributed by atoms with E-state index in [-0.39, 0.29) is 5.02 Å². The van der Waals surface area contributed by atoms with Crippen molar-refractivity contribution in [3.05, 3.63) is 23.0 Å². The number of hydrogen-bond donors (Lipinski definition) is 2. The molecule has 1 aromatic carbocycles. The van der Waals surface area contributed by atoms with Crippen LogP contribution >= 0.6 is 11.6 Å². The van der Waals surface area contributed by atoms with Crippen LogP contribution in [0.4, 0.5) is 15.8 Å². The summed E-state index contributed by atoms with van der Waals surface area (Å²) >= 11 is 5.69. The Labute approximate surface area is 93.6 Å². The number of rotatable bonds is 2. The molecule has 0 aromatic heterocycles. The Morgan fingerprint density at radius 2 is 2.13 bits per heavy atom. The van der Waals surface area contributed by atoms with Crippen molar-refractivity contribution < 1.29 is 4.39 Å². The van der Waals surface area contributed by atoms with E-state index in [1.54, 1.807) is 6.07 Å². The lowest BCUT2D eigenvalue weighted by Gasteiger charge is -2.34. The Kier molecular flexibility index (Phi) is 2.74. The highest BCUT2D eigenvalue weighted by Crippen LogP contribution is 2.33. The van der Waals surface area contributed by atoms with Crippen LogP contribution in [0.5, 0.6) is 0 Å². The first-order valence-electron chi connectivity index (χ1n) is 5.07. The number of halogens is 2. The molecule has 0 unspecified atom stereocenters. The number of nitrogen functional groups attached to an aromatic ring is 1. The third kappa shape index (κ3) is 2.17. The van der Waals surface area contributed by atoms with Crippen LogP contribution in [0.2, 0.25) is 5.02 Å². The normalized spacial score (nSPS) is 24.7. The van der Waals surface area contributed by atoms with Crippen LogP contribution in [0.15, 0.2) is 12.1 Å². The molecule has 2 rings (SSSR count). The van der Waals surface area contributed by atoms with Crippen molar-refractivity contribution >= 4 is 23.0 Å². The van der Waals surface area contributed by atoms with E-state index in [2.05, 4.69) is 12.2 Å². The monoisotopic (exact) mass is 228 g/mol. The second-order valence-electron chi connectivity index (χ2n) is 4.27. The number of anilines is 2. The van der Waals surface area contributed by atoms with Gasteiger partial charge in [0.1, 0.15) is 5.82 Å². The first-order chi connectivity index (χ1) is 7.06. The molecule has 4 heteroatoms. The van der Waals surface area contributed by atoms with Crippen LogP contribution in [-0.4, -0.2) is 6.04 Å². The highest BCUT2D eigenvalue weighted by Gasteiger charge is 2.25. The molecule has 15 heavy (non-hydrogen) atoms. The zero-order chi connectivity index (χ0) is 11.0. The van der Waals surface area contributed by atoms with Gasteiger partial charge < -0.3 is 11.1 Å². The van der Waals surface area contributed by atoms with Crippen molar-refractivity contribution in [3.8, 4) is 0 Å². The summed E-state index contributed by atoms with van der Waals surface area (Å²) in [5, 5.41) is 3.38. The van der Waals surface area contributed by atoms with Crippen molar-refractivity contribution in [1.29, 1.82) is 0 Å². The predicted molar refractivity (Wildman–Crippen MR) is 61.6 cm³/mol. The fraction of sp³-hybridized carbons (Fsp3) is 0.455. The van der Waals surface area contributed by atoms with Gasteiger partial charge in [-0.25, -0.2) is 4.39 Å². The highest BCUT2D eigenvalue weighted by molar-refractivity contribution is 6.31. The quantitative estimate of drug-likeness (QED) is 0.763. The van der Waals surface area contributed by atoms with E-state index in [1.807, 2.05) is 0 Å². The standard InChI is InChI=1S/C11H14ClFN2/c1-6-2-7(3-6)15-11-4-8(12)9(13)5-10(11)14/h4-7,15H,2-3,14H2,1H3. The van der Waals surface area contributed by atoms with Gasteiger partial charge in [0.05, 0.1) is 16.4 Å². The van der Waals surface area contributed by atoms with E-state index in [1.165, 1.54) is 6.07 Å². The second kappa shape index (κ2) is 3.89. The van der Waals surface area contributed by atoms with Gasteiger partial charge in [0.2, 0.25) is 0 Å². The smallest absolute Gasteiger partial charge is 0.143 e. The zero-order valence-corrected chi connectivity index (χ0v) is 9.31. The summed E-state index contributed by atoms with van der Waals surface area (Å²) in [7, 11) is 0. The Hall–Kier alpha value is -0.960. The lowest BCUT2D eigenvalue weighted by molar-refractivity contribution is 0.309. The topological polar surface area (TPSA) is 38.0 Å². The molecule has 0 spiro atoms. The highest BCUT2D eigenvalue weighted by atomic mass is 35.5. The average molecular weight is 229 g/mol. The largest absolute Gasteiger partial charge is 0.397 e. The average Bonchev–Trinajstić information content (AvgIpc) is 2.11. The predicted octanol–water partition coefficient (Wildman–Crippen LogP) is 3.27. The van der Waals surface area contributed by atoms with Gasteiger partial charge in [0.25, 0.3) is 0 Å². The molecule has 1 aliphatic carbocycles. The molecular weight excluding hydrogens is 215 g/mol. The van der Waals surface area contributed by atoms with Crippen molar-refractivity contribution in [3.63, 3.8) is 0 Å². The minimum absolute atomic E-state index is 0.110. The van der Waals surface area contributed by atoms with E-state index in [0.29, 0.717) is 11.7 Å². The summed E-state index contributed by atoms with van der Waals surface area (Å²) in [6, 6.07) is 3.26. The van der Waals surface area contributed by atoms with Crippen LogP contribution in [0, 0.1) is 11.7 Å². The van der Waals surface area contributed by atoms with Crippen LogP contribution < -0.4 is 11.1 Å². The Bertz CT molecular complexity index is 375. The van der Waals surface area contributed by atoms with Gasteiger partial charge in [-0.3, -0.25) is 0 Å². The molecule has 0 heterocycles. The molecule has 0 amide bonds. The van der Waals surface area contributed by atoms with E-state index in [0.717, 1.165) is 24.4 Å². The molecule has 0 bridgehead atoms. The van der Waals surface area contributed by atoms with Crippen molar-refractivity contribution in [2.75, 3.05) is 11.1 Å². The molecule has 82 valence electrons. The maximum Gasteiger partial charge on any atom is 0.143 e. The van der Waals surface area contributed by atoms with E-state index in [4.69, 9.17) is 17.3 Å². The van der Waals surface area contributed by atoms with Gasteiger partial charge in [0, 0.05) is 12.1 Å². The second-order valence-corrected chi connectivity index (χ2v) is 4.68. The van der Waals surface area contributed by atoms with Gasteiger partial charge in [0.15, 0.2) is 0 Å². The summed E-state index contributed by atoms with van der Waals surface area (Å²) < 4.78 is 13.0. The number of nitrogens with one attached hydrogen (secondary N) is 1.